The summed E-state index contributed by atoms with van der Waals surface area (Å²) in [6.07, 6.45) is 2.40. The molecule has 0 saturated heterocycles. The van der Waals surface area contributed by atoms with Crippen molar-refractivity contribution in [1.82, 2.24) is 4.98 Å². The average Bonchev–Trinajstić information content (AvgIpc) is 2.79. The lowest BCUT2D eigenvalue weighted by Gasteiger charge is -2.23. The third-order valence-electron chi connectivity index (χ3n) is 2.86. The number of hydrogen-bond acceptors (Lipinski definition) is 4. The first-order chi connectivity index (χ1) is 8.97. The minimum absolute atomic E-state index is 0.461. The van der Waals surface area contributed by atoms with E-state index >= 15 is 0 Å². The van der Waals surface area contributed by atoms with Crippen LogP contribution >= 0.6 is 0 Å². The number of nitrogens with one attached hydrogen (secondary N) is 1. The van der Waals surface area contributed by atoms with Gasteiger partial charge < -0.3 is 14.5 Å². The van der Waals surface area contributed by atoms with Crippen LogP contribution in [-0.4, -0.2) is 30.0 Å². The lowest BCUT2D eigenvalue weighted by Crippen LogP contribution is -2.39. The van der Waals surface area contributed by atoms with E-state index in [0.717, 1.165) is 17.2 Å². The molecule has 2 aromatic rings. The van der Waals surface area contributed by atoms with Gasteiger partial charge in [-0.15, -0.1) is 0 Å². The average molecular weight is 261 g/mol. The Bertz CT molecular complexity index is 627. The first kappa shape index (κ1) is 13.1. The summed E-state index contributed by atoms with van der Waals surface area (Å²) in [5.74, 6) is 0.0443. The highest BCUT2D eigenvalue weighted by Gasteiger charge is 2.31. The first-order valence-corrected chi connectivity index (χ1v) is 5.81. The van der Waals surface area contributed by atoms with Gasteiger partial charge in [0.25, 0.3) is 0 Å². The van der Waals surface area contributed by atoms with Crippen LogP contribution < -0.4 is 4.74 Å². The fraction of sp³-hybridized carbons (Fsp3) is 0.286. The maximum atomic E-state index is 11.6. The summed E-state index contributed by atoms with van der Waals surface area (Å²) >= 11 is 0. The van der Waals surface area contributed by atoms with Gasteiger partial charge in [-0.25, -0.2) is 4.79 Å². The number of ether oxygens (including phenoxy) is 2. The molecule has 0 aliphatic heterocycles. The number of aldehydes is 1. The Morgan fingerprint density at radius 1 is 1.37 bits per heavy atom. The summed E-state index contributed by atoms with van der Waals surface area (Å²) in [5, 5.41) is 0.758. The molecule has 0 aliphatic carbocycles. The monoisotopic (exact) mass is 261 g/mol. The van der Waals surface area contributed by atoms with Crippen molar-refractivity contribution in [3.63, 3.8) is 0 Å². The first-order valence-electron chi connectivity index (χ1n) is 5.81. The van der Waals surface area contributed by atoms with Crippen LogP contribution in [0.1, 0.15) is 24.2 Å². The number of H-pyrrole nitrogens is 1. The van der Waals surface area contributed by atoms with E-state index in [1.165, 1.54) is 7.11 Å². The van der Waals surface area contributed by atoms with Gasteiger partial charge in [0.1, 0.15) is 5.75 Å². The Morgan fingerprint density at radius 2 is 2.11 bits per heavy atom. The normalized spacial score (nSPS) is 11.3. The van der Waals surface area contributed by atoms with Gasteiger partial charge in [0, 0.05) is 22.7 Å². The third kappa shape index (κ3) is 2.45. The number of carbonyl (C=O) groups excluding carboxylic acids is 2. The van der Waals surface area contributed by atoms with Crippen LogP contribution in [0.15, 0.2) is 24.4 Å². The molecule has 1 heterocycles. The molecular weight excluding hydrogens is 246 g/mol. The highest BCUT2D eigenvalue weighted by Crippen LogP contribution is 2.26. The number of rotatable bonds is 4. The molecule has 2 rings (SSSR count). The molecule has 5 nitrogen and oxygen atoms in total. The lowest BCUT2D eigenvalue weighted by atomic mass is 10.1. The minimum atomic E-state index is -1.08. The fourth-order valence-corrected chi connectivity index (χ4v) is 1.86. The molecule has 100 valence electrons. The van der Waals surface area contributed by atoms with Gasteiger partial charge in [-0.2, -0.15) is 0 Å². The van der Waals surface area contributed by atoms with E-state index in [1.54, 1.807) is 38.2 Å². The van der Waals surface area contributed by atoms with E-state index in [9.17, 15) is 9.59 Å². The van der Waals surface area contributed by atoms with Crippen LogP contribution in [0.4, 0.5) is 0 Å². The smallest absolute Gasteiger partial charge is 0.349 e. The molecule has 0 radical (unpaired) electrons. The highest BCUT2D eigenvalue weighted by atomic mass is 16.6. The van der Waals surface area contributed by atoms with E-state index in [-0.39, 0.29) is 0 Å². The molecule has 0 bridgehead atoms. The Hall–Kier alpha value is -2.30. The summed E-state index contributed by atoms with van der Waals surface area (Å²) in [6, 6.07) is 5.25. The van der Waals surface area contributed by atoms with Gasteiger partial charge in [-0.3, -0.25) is 4.79 Å². The zero-order chi connectivity index (χ0) is 14.0. The van der Waals surface area contributed by atoms with Gasteiger partial charge in [0.05, 0.1) is 7.11 Å². The highest BCUT2D eigenvalue weighted by molar-refractivity contribution is 5.97. The summed E-state index contributed by atoms with van der Waals surface area (Å²) in [4.78, 5) is 25.4. The Kier molecular flexibility index (Phi) is 3.29. The van der Waals surface area contributed by atoms with Crippen molar-refractivity contribution in [3.8, 4) is 5.75 Å². The van der Waals surface area contributed by atoms with Crippen molar-refractivity contribution < 1.29 is 19.1 Å². The maximum Gasteiger partial charge on any atom is 0.349 e. The van der Waals surface area contributed by atoms with Crippen molar-refractivity contribution in [3.05, 3.63) is 30.0 Å². The van der Waals surface area contributed by atoms with Gasteiger partial charge in [0.15, 0.2) is 11.9 Å². The zero-order valence-electron chi connectivity index (χ0n) is 11.0. The number of aromatic nitrogens is 1. The van der Waals surface area contributed by atoms with Crippen molar-refractivity contribution in [1.29, 1.82) is 0 Å². The summed E-state index contributed by atoms with van der Waals surface area (Å²) in [5.41, 5.74) is 0.307. The molecule has 0 atom stereocenters. The molecule has 0 unspecified atom stereocenters. The van der Waals surface area contributed by atoms with Gasteiger partial charge in [-0.1, -0.05) is 0 Å². The second-order valence-electron chi connectivity index (χ2n) is 4.67. The maximum absolute atomic E-state index is 11.6. The lowest BCUT2D eigenvalue weighted by molar-refractivity contribution is -0.156. The van der Waals surface area contributed by atoms with Crippen molar-refractivity contribution >= 4 is 23.2 Å². The topological polar surface area (TPSA) is 68.4 Å². The number of fused-ring (bicyclic) bond motifs is 1. The Balaban J connectivity index is 2.36. The predicted octanol–water partition coefficient (Wildman–Crippen LogP) is 2.31. The second kappa shape index (κ2) is 4.76. The molecule has 19 heavy (non-hydrogen) atoms. The molecule has 0 spiro atoms. The summed E-state index contributed by atoms with van der Waals surface area (Å²) < 4.78 is 10.3. The van der Waals surface area contributed by atoms with Crippen LogP contribution in [0.5, 0.6) is 5.75 Å². The standard InChI is InChI=1S/C14H15NO4/c1-14(2,13(17)18-3)19-10-4-5-12-11(6-10)9(8-16)7-15-12/h4-8,15H,1-3H3. The van der Waals surface area contributed by atoms with Gasteiger partial charge >= 0.3 is 5.97 Å². The van der Waals surface area contributed by atoms with E-state index in [0.29, 0.717) is 11.3 Å². The third-order valence-corrected chi connectivity index (χ3v) is 2.86. The van der Waals surface area contributed by atoms with E-state index in [2.05, 4.69) is 9.72 Å². The van der Waals surface area contributed by atoms with Crippen molar-refractivity contribution in [2.75, 3.05) is 7.11 Å². The number of esters is 1. The van der Waals surface area contributed by atoms with Crippen LogP contribution in [0, 0.1) is 0 Å². The van der Waals surface area contributed by atoms with Gasteiger partial charge in [0.2, 0.25) is 0 Å². The molecule has 1 N–H and O–H groups in total. The van der Waals surface area contributed by atoms with E-state index < -0.39 is 11.6 Å². The molecule has 5 heteroatoms. The van der Waals surface area contributed by atoms with Crippen molar-refractivity contribution in [2.24, 2.45) is 0 Å². The molecule has 1 aromatic heterocycles. The van der Waals surface area contributed by atoms with Crippen LogP contribution in [-0.2, 0) is 9.53 Å². The molecule has 0 saturated carbocycles. The quantitative estimate of drug-likeness (QED) is 0.677. The van der Waals surface area contributed by atoms with E-state index in [4.69, 9.17) is 4.74 Å². The zero-order valence-corrected chi connectivity index (χ0v) is 11.0. The number of methoxy groups -OCH3 is 1. The molecule has 0 aliphatic rings. The SMILES string of the molecule is COC(=O)C(C)(C)Oc1ccc2[nH]cc(C=O)c2c1. The molecular formula is C14H15NO4. The fourth-order valence-electron chi connectivity index (χ4n) is 1.86. The molecule has 0 amide bonds. The second-order valence-corrected chi connectivity index (χ2v) is 4.67. The summed E-state index contributed by atoms with van der Waals surface area (Å²) in [7, 11) is 1.31. The molecule has 0 fully saturated rings. The van der Waals surface area contributed by atoms with Crippen molar-refractivity contribution in [2.45, 2.75) is 19.4 Å². The van der Waals surface area contributed by atoms with Crippen LogP contribution in [0.25, 0.3) is 10.9 Å². The van der Waals surface area contributed by atoms with E-state index in [1.807, 2.05) is 0 Å². The van der Waals surface area contributed by atoms with Crippen LogP contribution in [0.2, 0.25) is 0 Å². The Morgan fingerprint density at radius 3 is 2.74 bits per heavy atom. The number of hydrogen-bond donors (Lipinski definition) is 1. The number of aromatic amines is 1. The van der Waals surface area contributed by atoms with Gasteiger partial charge in [-0.05, 0) is 32.0 Å². The largest absolute Gasteiger partial charge is 0.476 e. The number of carbonyl (C=O) groups is 2. The predicted molar refractivity (Wildman–Crippen MR) is 70.4 cm³/mol. The minimum Gasteiger partial charge on any atom is -0.476 e. The van der Waals surface area contributed by atoms with Crippen LogP contribution in [0.3, 0.4) is 0 Å². The molecule has 1 aromatic carbocycles. The Labute approximate surface area is 110 Å². The number of benzene rings is 1. The summed E-state index contributed by atoms with van der Waals surface area (Å²) in [6.45, 7) is 3.25.